The fourth-order valence-electron chi connectivity index (χ4n) is 9.80. The molecular formula is C56H44N2O. The first-order valence-corrected chi connectivity index (χ1v) is 20.6. The van der Waals surface area contributed by atoms with Crippen LogP contribution in [-0.2, 0) is 10.8 Å². The van der Waals surface area contributed by atoms with Crippen molar-refractivity contribution in [1.82, 2.24) is 0 Å². The average molecular weight is 761 g/mol. The lowest BCUT2D eigenvalue weighted by molar-refractivity contribution is 0.619. The van der Waals surface area contributed by atoms with Crippen LogP contribution in [0.2, 0.25) is 0 Å². The molecule has 11 rings (SSSR count). The number of nitrogens with zero attached hydrogens (tertiary/aromatic N) is 2. The smallest absolute Gasteiger partial charge is 0.139 e. The van der Waals surface area contributed by atoms with E-state index in [0.29, 0.717) is 0 Å². The summed E-state index contributed by atoms with van der Waals surface area (Å²) >= 11 is 0. The van der Waals surface area contributed by atoms with Gasteiger partial charge in [-0.2, -0.15) is 0 Å². The zero-order valence-corrected chi connectivity index (χ0v) is 33.8. The van der Waals surface area contributed by atoms with E-state index < -0.39 is 0 Å². The Morgan fingerprint density at radius 1 is 0.424 bits per heavy atom. The molecule has 1 aromatic heterocycles. The molecule has 3 nitrogen and oxygen atoms in total. The minimum absolute atomic E-state index is 0.181. The first-order valence-electron chi connectivity index (χ1n) is 20.6. The maximum absolute atomic E-state index is 6.53. The number of anilines is 6. The second-order valence-corrected chi connectivity index (χ2v) is 17.0. The fraction of sp³-hybridized carbons (Fsp3) is 0.107. The van der Waals surface area contributed by atoms with Crippen molar-refractivity contribution in [2.45, 2.75) is 38.5 Å². The van der Waals surface area contributed by atoms with Gasteiger partial charge in [-0.25, -0.2) is 0 Å². The molecule has 8 aromatic carbocycles. The Kier molecular flexibility index (Phi) is 7.87. The van der Waals surface area contributed by atoms with Crippen LogP contribution >= 0.6 is 0 Å². The van der Waals surface area contributed by atoms with E-state index in [1.54, 1.807) is 0 Å². The number of hydrogen-bond donors (Lipinski definition) is 0. The molecule has 3 heteroatoms. The summed E-state index contributed by atoms with van der Waals surface area (Å²) in [7, 11) is 0. The Bertz CT molecular complexity index is 3030. The van der Waals surface area contributed by atoms with Crippen LogP contribution < -0.4 is 9.80 Å². The van der Waals surface area contributed by atoms with Crippen molar-refractivity contribution in [3.8, 4) is 33.6 Å². The van der Waals surface area contributed by atoms with Gasteiger partial charge in [0.2, 0.25) is 0 Å². The van der Waals surface area contributed by atoms with E-state index in [1.807, 2.05) is 0 Å². The van der Waals surface area contributed by atoms with Gasteiger partial charge in [-0.15, -0.1) is 0 Å². The third-order valence-electron chi connectivity index (χ3n) is 12.8. The van der Waals surface area contributed by atoms with E-state index in [9.17, 15) is 0 Å². The van der Waals surface area contributed by atoms with Crippen molar-refractivity contribution in [3.05, 3.63) is 216 Å². The van der Waals surface area contributed by atoms with Gasteiger partial charge in [0.15, 0.2) is 0 Å². The molecule has 0 atom stereocenters. The molecule has 0 saturated carbocycles. The first-order chi connectivity index (χ1) is 28.8. The van der Waals surface area contributed by atoms with Crippen LogP contribution in [0.3, 0.4) is 0 Å². The second kappa shape index (κ2) is 13.2. The molecule has 0 unspecified atom stereocenters. The van der Waals surface area contributed by atoms with Crippen molar-refractivity contribution < 1.29 is 4.42 Å². The third kappa shape index (κ3) is 5.49. The largest absolute Gasteiger partial charge is 0.456 e. The van der Waals surface area contributed by atoms with E-state index in [2.05, 4.69) is 232 Å². The Balaban J connectivity index is 1.00. The van der Waals surface area contributed by atoms with E-state index >= 15 is 0 Å². The molecule has 2 heterocycles. The van der Waals surface area contributed by atoms with Crippen LogP contribution in [0.5, 0.6) is 0 Å². The quantitative estimate of drug-likeness (QED) is 0.168. The van der Waals surface area contributed by atoms with Gasteiger partial charge in [0, 0.05) is 50.1 Å². The molecule has 0 amide bonds. The summed E-state index contributed by atoms with van der Waals surface area (Å²) in [6.07, 6.45) is 0. The molecule has 1 aliphatic carbocycles. The van der Waals surface area contributed by atoms with Gasteiger partial charge < -0.3 is 14.2 Å². The normalized spacial score (nSPS) is 14.3. The van der Waals surface area contributed by atoms with Gasteiger partial charge in [0.1, 0.15) is 11.3 Å². The number of furan rings is 1. The van der Waals surface area contributed by atoms with Crippen LogP contribution in [0.1, 0.15) is 49.9 Å². The summed E-state index contributed by atoms with van der Waals surface area (Å²) in [5.41, 5.74) is 18.6. The molecule has 1 aliphatic heterocycles. The van der Waals surface area contributed by atoms with Crippen LogP contribution in [0, 0.1) is 0 Å². The molecule has 0 saturated heterocycles. The summed E-state index contributed by atoms with van der Waals surface area (Å²) in [5.74, 6) is 0.990. The average Bonchev–Trinajstić information content (AvgIpc) is 3.78. The predicted molar refractivity (Wildman–Crippen MR) is 246 cm³/mol. The summed E-state index contributed by atoms with van der Waals surface area (Å²) in [6.45, 7) is 9.37. The highest BCUT2D eigenvalue weighted by atomic mass is 16.3. The summed E-state index contributed by atoms with van der Waals surface area (Å²) < 4.78 is 6.53. The lowest BCUT2D eigenvalue weighted by Crippen LogP contribution is -2.30. The third-order valence-corrected chi connectivity index (χ3v) is 12.8. The number of hydrogen-bond acceptors (Lipinski definition) is 3. The van der Waals surface area contributed by atoms with Crippen molar-refractivity contribution in [2.24, 2.45) is 0 Å². The van der Waals surface area contributed by atoms with Gasteiger partial charge in [0.05, 0.1) is 11.4 Å². The maximum Gasteiger partial charge on any atom is 0.139 e. The van der Waals surface area contributed by atoms with Gasteiger partial charge in [-0.3, -0.25) is 0 Å². The van der Waals surface area contributed by atoms with Gasteiger partial charge in [0.25, 0.3) is 0 Å². The molecule has 2 aliphatic rings. The summed E-state index contributed by atoms with van der Waals surface area (Å²) in [5, 5.41) is 1.19. The Hall–Kier alpha value is -7.10. The van der Waals surface area contributed by atoms with E-state index in [1.165, 1.54) is 72.5 Å². The zero-order valence-electron chi connectivity index (χ0n) is 33.8. The monoisotopic (exact) mass is 760 g/mol. The molecule has 59 heavy (non-hydrogen) atoms. The van der Waals surface area contributed by atoms with Crippen molar-refractivity contribution in [3.63, 3.8) is 0 Å². The summed E-state index contributed by atoms with van der Waals surface area (Å²) in [6, 6.07) is 70.5. The minimum Gasteiger partial charge on any atom is -0.456 e. The molecule has 0 fully saturated rings. The van der Waals surface area contributed by atoms with E-state index in [0.717, 1.165) is 28.4 Å². The zero-order chi connectivity index (χ0) is 39.9. The second-order valence-electron chi connectivity index (χ2n) is 17.0. The predicted octanol–water partition coefficient (Wildman–Crippen LogP) is 15.7. The van der Waals surface area contributed by atoms with E-state index in [-0.39, 0.29) is 10.8 Å². The highest BCUT2D eigenvalue weighted by molar-refractivity contribution is 5.95. The van der Waals surface area contributed by atoms with E-state index in [4.69, 9.17) is 4.42 Å². The Labute approximate surface area is 346 Å². The SMILES string of the molecule is CC1(C)c2ccccc2N(c2ccccc2)c2ccc(-c3ccc(N(c4ccc(-c5ccccc5)cc4)c4ccc5c(c4)C(C)(C)c4c-5oc5ccccc45)cc3)cc21. The van der Waals surface area contributed by atoms with Crippen LogP contribution in [-0.4, -0.2) is 0 Å². The summed E-state index contributed by atoms with van der Waals surface area (Å²) in [4.78, 5) is 4.80. The standard InChI is InChI=1S/C56H44N2O/c1-55(2)47-20-12-13-21-50(47)58(41-17-9-6-10-18-41)51-34-27-40(35-49(51)55)39-25-30-43(31-26-39)57(42-28-23-38(24-29-42)37-15-7-5-8-16-37)44-32-33-45-48(36-44)56(3,4)53-46-19-11-14-22-52(46)59-54(45)53/h5-36H,1-4H3. The molecule has 0 spiro atoms. The highest BCUT2D eigenvalue weighted by Gasteiger charge is 2.41. The number of para-hydroxylation sites is 3. The van der Waals surface area contributed by atoms with Gasteiger partial charge in [-0.1, -0.05) is 143 Å². The molecule has 0 bridgehead atoms. The molecule has 284 valence electrons. The van der Waals surface area contributed by atoms with Crippen LogP contribution in [0.15, 0.2) is 199 Å². The minimum atomic E-state index is -0.225. The molecule has 9 aromatic rings. The Morgan fingerprint density at radius 3 is 1.71 bits per heavy atom. The lowest BCUT2D eigenvalue weighted by Gasteiger charge is -2.42. The van der Waals surface area contributed by atoms with Crippen molar-refractivity contribution >= 4 is 45.1 Å². The van der Waals surface area contributed by atoms with Crippen molar-refractivity contribution in [1.29, 1.82) is 0 Å². The first kappa shape index (κ1) is 35.1. The van der Waals surface area contributed by atoms with Crippen LogP contribution in [0.4, 0.5) is 34.1 Å². The van der Waals surface area contributed by atoms with Crippen LogP contribution in [0.25, 0.3) is 44.5 Å². The number of rotatable bonds is 6. The highest BCUT2D eigenvalue weighted by Crippen LogP contribution is 2.55. The Morgan fingerprint density at radius 2 is 0.983 bits per heavy atom. The topological polar surface area (TPSA) is 19.6 Å². The molecule has 0 N–H and O–H groups in total. The van der Waals surface area contributed by atoms with Gasteiger partial charge >= 0.3 is 0 Å². The number of benzene rings is 8. The van der Waals surface area contributed by atoms with Gasteiger partial charge in [-0.05, 0) is 118 Å². The number of fused-ring (bicyclic) bond motifs is 7. The lowest BCUT2D eigenvalue weighted by atomic mass is 9.73. The maximum atomic E-state index is 6.53. The van der Waals surface area contributed by atoms with Crippen molar-refractivity contribution in [2.75, 3.05) is 9.80 Å². The fourth-order valence-corrected chi connectivity index (χ4v) is 9.80. The molecular weight excluding hydrogens is 717 g/mol. The molecule has 0 radical (unpaired) electrons.